The molecule has 82 valence electrons. The predicted octanol–water partition coefficient (Wildman–Crippen LogP) is 3.39. The van der Waals surface area contributed by atoms with Crippen LogP contribution in [0.15, 0.2) is 24.3 Å². The zero-order chi connectivity index (χ0) is 11.4. The van der Waals surface area contributed by atoms with E-state index in [0.29, 0.717) is 5.92 Å². The van der Waals surface area contributed by atoms with Crippen molar-refractivity contribution in [3.63, 3.8) is 0 Å². The fourth-order valence-corrected chi connectivity index (χ4v) is 1.86. The number of rotatable bonds is 4. The van der Waals surface area contributed by atoms with E-state index in [9.17, 15) is 4.79 Å². The molecule has 1 unspecified atom stereocenters. The van der Waals surface area contributed by atoms with Crippen LogP contribution in [0.5, 0.6) is 0 Å². The van der Waals surface area contributed by atoms with Crippen LogP contribution >= 0.6 is 0 Å². The monoisotopic (exact) mass is 206 g/mol. The van der Waals surface area contributed by atoms with Crippen molar-refractivity contribution < 1.29 is 9.90 Å². The summed E-state index contributed by atoms with van der Waals surface area (Å²) in [6.45, 7) is 6.23. The van der Waals surface area contributed by atoms with Crippen LogP contribution in [0.2, 0.25) is 0 Å². The van der Waals surface area contributed by atoms with E-state index in [1.54, 1.807) is 0 Å². The van der Waals surface area contributed by atoms with E-state index in [1.807, 2.05) is 25.1 Å². The minimum Gasteiger partial charge on any atom is -0.481 e. The average Bonchev–Trinajstić information content (AvgIpc) is 2.16. The van der Waals surface area contributed by atoms with Gasteiger partial charge in [-0.2, -0.15) is 0 Å². The van der Waals surface area contributed by atoms with Gasteiger partial charge >= 0.3 is 5.97 Å². The second-order valence-corrected chi connectivity index (χ2v) is 4.28. The van der Waals surface area contributed by atoms with Crippen LogP contribution in [0.1, 0.15) is 50.2 Å². The normalized spacial score (nSPS) is 12.8. The lowest BCUT2D eigenvalue weighted by molar-refractivity contribution is -0.137. The number of carbonyl (C=O) groups is 1. The Labute approximate surface area is 90.9 Å². The van der Waals surface area contributed by atoms with Crippen molar-refractivity contribution >= 4 is 5.97 Å². The summed E-state index contributed by atoms with van der Waals surface area (Å²) in [5.41, 5.74) is 2.42. The Morgan fingerprint density at radius 2 is 1.73 bits per heavy atom. The van der Waals surface area contributed by atoms with E-state index in [4.69, 9.17) is 5.11 Å². The summed E-state index contributed by atoms with van der Waals surface area (Å²) in [5.74, 6) is -0.209. The first-order chi connectivity index (χ1) is 7.02. The highest BCUT2D eigenvalue weighted by molar-refractivity contribution is 5.68. The number of hydrogen-bond donors (Lipinski definition) is 1. The molecule has 0 aliphatic carbocycles. The predicted molar refractivity (Wildman–Crippen MR) is 61.2 cm³/mol. The van der Waals surface area contributed by atoms with E-state index in [-0.39, 0.29) is 12.3 Å². The zero-order valence-electron chi connectivity index (χ0n) is 9.53. The topological polar surface area (TPSA) is 37.3 Å². The third-order valence-corrected chi connectivity index (χ3v) is 2.63. The van der Waals surface area contributed by atoms with Crippen LogP contribution in [0, 0.1) is 0 Å². The molecule has 1 N–H and O–H groups in total. The van der Waals surface area contributed by atoms with Gasteiger partial charge in [-0.3, -0.25) is 4.79 Å². The van der Waals surface area contributed by atoms with Crippen LogP contribution in [0.3, 0.4) is 0 Å². The molecule has 0 aliphatic rings. The molecule has 0 aromatic heterocycles. The molecule has 1 atom stereocenters. The molecule has 15 heavy (non-hydrogen) atoms. The van der Waals surface area contributed by atoms with Crippen molar-refractivity contribution in [1.82, 2.24) is 0 Å². The second kappa shape index (κ2) is 4.96. The van der Waals surface area contributed by atoms with Gasteiger partial charge in [-0.1, -0.05) is 45.0 Å². The smallest absolute Gasteiger partial charge is 0.303 e. The maximum absolute atomic E-state index is 10.7. The molecule has 0 bridgehead atoms. The first kappa shape index (κ1) is 11.8. The van der Waals surface area contributed by atoms with E-state index in [0.717, 1.165) is 5.56 Å². The van der Waals surface area contributed by atoms with Gasteiger partial charge in [0.15, 0.2) is 0 Å². The van der Waals surface area contributed by atoms with E-state index in [1.165, 1.54) is 5.56 Å². The molecule has 0 spiro atoms. The molecular weight excluding hydrogens is 188 g/mol. The molecule has 0 fully saturated rings. The summed E-state index contributed by atoms with van der Waals surface area (Å²) in [7, 11) is 0. The van der Waals surface area contributed by atoms with Gasteiger partial charge in [-0.05, 0) is 23.0 Å². The van der Waals surface area contributed by atoms with Crippen molar-refractivity contribution in [2.24, 2.45) is 0 Å². The average molecular weight is 206 g/mol. The van der Waals surface area contributed by atoms with E-state index < -0.39 is 5.97 Å². The van der Waals surface area contributed by atoms with Gasteiger partial charge < -0.3 is 5.11 Å². The minimum atomic E-state index is -0.735. The highest BCUT2D eigenvalue weighted by Crippen LogP contribution is 2.27. The SMILES string of the molecule is CC(C)c1ccccc1C(C)CC(=O)O. The summed E-state index contributed by atoms with van der Waals surface area (Å²) in [6.07, 6.45) is 0.198. The lowest BCUT2D eigenvalue weighted by Gasteiger charge is -2.17. The maximum atomic E-state index is 10.7. The number of hydrogen-bond acceptors (Lipinski definition) is 1. The third-order valence-electron chi connectivity index (χ3n) is 2.63. The molecular formula is C13H18O2. The van der Waals surface area contributed by atoms with Gasteiger partial charge in [0, 0.05) is 0 Å². The summed E-state index contributed by atoms with van der Waals surface area (Å²) < 4.78 is 0. The number of aliphatic carboxylic acids is 1. The lowest BCUT2D eigenvalue weighted by Crippen LogP contribution is -2.06. The maximum Gasteiger partial charge on any atom is 0.303 e. The molecule has 0 amide bonds. The van der Waals surface area contributed by atoms with E-state index >= 15 is 0 Å². The van der Waals surface area contributed by atoms with Gasteiger partial charge in [-0.15, -0.1) is 0 Å². The van der Waals surface area contributed by atoms with Crippen molar-refractivity contribution in [2.75, 3.05) is 0 Å². The van der Waals surface area contributed by atoms with Crippen LogP contribution < -0.4 is 0 Å². The zero-order valence-corrected chi connectivity index (χ0v) is 9.53. The molecule has 1 aromatic carbocycles. The molecule has 0 saturated carbocycles. The fourth-order valence-electron chi connectivity index (χ4n) is 1.86. The number of benzene rings is 1. The molecule has 1 rings (SSSR count). The summed E-state index contributed by atoms with van der Waals surface area (Å²) in [4.78, 5) is 10.7. The minimum absolute atomic E-state index is 0.0844. The summed E-state index contributed by atoms with van der Waals surface area (Å²) in [6, 6.07) is 8.09. The van der Waals surface area contributed by atoms with E-state index in [2.05, 4.69) is 19.9 Å². The molecule has 2 nitrogen and oxygen atoms in total. The Kier molecular flexibility index (Phi) is 3.89. The van der Waals surface area contributed by atoms with Gasteiger partial charge in [0.2, 0.25) is 0 Å². The molecule has 0 heterocycles. The van der Waals surface area contributed by atoms with Crippen LogP contribution in [-0.2, 0) is 4.79 Å². The molecule has 0 saturated heterocycles. The highest BCUT2D eigenvalue weighted by atomic mass is 16.4. The van der Waals surface area contributed by atoms with Crippen molar-refractivity contribution in [1.29, 1.82) is 0 Å². The lowest BCUT2D eigenvalue weighted by atomic mass is 9.88. The third kappa shape index (κ3) is 3.08. The van der Waals surface area contributed by atoms with Crippen LogP contribution in [-0.4, -0.2) is 11.1 Å². The standard InChI is InChI=1S/C13H18O2/c1-9(2)11-6-4-5-7-12(11)10(3)8-13(14)15/h4-7,9-10H,8H2,1-3H3,(H,14,15). The Morgan fingerprint density at radius 1 is 1.20 bits per heavy atom. The molecule has 0 radical (unpaired) electrons. The van der Waals surface area contributed by atoms with Crippen LogP contribution in [0.25, 0.3) is 0 Å². The Bertz CT molecular complexity index is 342. The molecule has 1 aromatic rings. The van der Waals surface area contributed by atoms with Gasteiger partial charge in [-0.25, -0.2) is 0 Å². The molecule has 2 heteroatoms. The molecule has 0 aliphatic heterocycles. The summed E-state index contributed by atoms with van der Waals surface area (Å²) >= 11 is 0. The Hall–Kier alpha value is -1.31. The summed E-state index contributed by atoms with van der Waals surface area (Å²) in [5, 5.41) is 8.77. The van der Waals surface area contributed by atoms with Crippen molar-refractivity contribution in [3.8, 4) is 0 Å². The van der Waals surface area contributed by atoms with Crippen molar-refractivity contribution in [3.05, 3.63) is 35.4 Å². The second-order valence-electron chi connectivity index (χ2n) is 4.28. The van der Waals surface area contributed by atoms with Crippen LogP contribution in [0.4, 0.5) is 0 Å². The largest absolute Gasteiger partial charge is 0.481 e. The van der Waals surface area contributed by atoms with Crippen molar-refractivity contribution in [2.45, 2.75) is 39.0 Å². The van der Waals surface area contributed by atoms with Gasteiger partial charge in [0.25, 0.3) is 0 Å². The first-order valence-corrected chi connectivity index (χ1v) is 5.33. The number of carboxylic acid groups (broad SMARTS) is 1. The fraction of sp³-hybridized carbons (Fsp3) is 0.462. The highest BCUT2D eigenvalue weighted by Gasteiger charge is 2.14. The Morgan fingerprint density at radius 3 is 2.20 bits per heavy atom. The van der Waals surface area contributed by atoms with Gasteiger partial charge in [0.05, 0.1) is 6.42 Å². The number of carboxylic acids is 1. The van der Waals surface area contributed by atoms with Gasteiger partial charge in [0.1, 0.15) is 0 Å². The first-order valence-electron chi connectivity index (χ1n) is 5.33. The quantitative estimate of drug-likeness (QED) is 0.819. The Balaban J connectivity index is 2.97.